The standard InChI is InChI=1S/C16H17NO3/c1-11-6-5-7-13(10-11)20-12(2)16(19)17-14-8-3-4-9-15(14)18/h3-10,12,18H,1-2H3,(H,17,19)/t12-/m0/s1. The van der Waals surface area contributed by atoms with Crippen LogP contribution in [0.2, 0.25) is 0 Å². The molecule has 104 valence electrons. The summed E-state index contributed by atoms with van der Waals surface area (Å²) in [5.74, 6) is 0.363. The van der Waals surface area contributed by atoms with Gasteiger partial charge >= 0.3 is 0 Å². The van der Waals surface area contributed by atoms with Gasteiger partial charge in [-0.3, -0.25) is 4.79 Å². The molecular weight excluding hydrogens is 254 g/mol. The fraction of sp³-hybridized carbons (Fsp3) is 0.188. The Morgan fingerprint density at radius 1 is 1.20 bits per heavy atom. The van der Waals surface area contributed by atoms with Gasteiger partial charge in [0, 0.05) is 0 Å². The monoisotopic (exact) mass is 271 g/mol. The SMILES string of the molecule is Cc1cccc(O[C@@H](C)C(=O)Nc2ccccc2O)c1. The number of benzene rings is 2. The number of para-hydroxylation sites is 2. The van der Waals surface area contributed by atoms with Crippen LogP contribution in [0.3, 0.4) is 0 Å². The predicted molar refractivity (Wildman–Crippen MR) is 78.0 cm³/mol. The number of carbonyl (C=O) groups is 1. The second kappa shape index (κ2) is 6.10. The molecule has 2 N–H and O–H groups in total. The molecule has 0 fully saturated rings. The molecule has 4 nitrogen and oxygen atoms in total. The first-order valence-corrected chi connectivity index (χ1v) is 6.38. The number of anilines is 1. The lowest BCUT2D eigenvalue weighted by Crippen LogP contribution is -2.30. The molecule has 1 atom stereocenters. The third kappa shape index (κ3) is 3.51. The molecule has 0 aliphatic heterocycles. The lowest BCUT2D eigenvalue weighted by Gasteiger charge is -2.15. The Bertz CT molecular complexity index is 610. The van der Waals surface area contributed by atoms with Crippen molar-refractivity contribution in [2.24, 2.45) is 0 Å². The molecule has 0 aliphatic carbocycles. The highest BCUT2D eigenvalue weighted by Crippen LogP contribution is 2.22. The van der Waals surface area contributed by atoms with Crippen LogP contribution in [0, 0.1) is 6.92 Å². The van der Waals surface area contributed by atoms with Crippen LogP contribution in [0.5, 0.6) is 11.5 Å². The smallest absolute Gasteiger partial charge is 0.265 e. The lowest BCUT2D eigenvalue weighted by molar-refractivity contribution is -0.122. The van der Waals surface area contributed by atoms with Gasteiger partial charge in [0.2, 0.25) is 0 Å². The van der Waals surface area contributed by atoms with Crippen LogP contribution in [-0.2, 0) is 4.79 Å². The van der Waals surface area contributed by atoms with E-state index in [-0.39, 0.29) is 11.7 Å². The van der Waals surface area contributed by atoms with E-state index >= 15 is 0 Å². The quantitative estimate of drug-likeness (QED) is 0.840. The van der Waals surface area contributed by atoms with E-state index in [9.17, 15) is 9.90 Å². The Morgan fingerprint density at radius 2 is 1.95 bits per heavy atom. The van der Waals surface area contributed by atoms with Crippen molar-refractivity contribution in [2.75, 3.05) is 5.32 Å². The summed E-state index contributed by atoms with van der Waals surface area (Å²) in [6.45, 7) is 3.62. The molecule has 20 heavy (non-hydrogen) atoms. The van der Waals surface area contributed by atoms with Gasteiger partial charge in [-0.1, -0.05) is 24.3 Å². The molecule has 0 aromatic heterocycles. The number of phenols is 1. The zero-order valence-electron chi connectivity index (χ0n) is 11.5. The molecule has 4 heteroatoms. The fourth-order valence-electron chi connectivity index (χ4n) is 1.76. The molecule has 0 bridgehead atoms. The Labute approximate surface area is 118 Å². The molecule has 2 aromatic rings. The molecule has 0 radical (unpaired) electrons. The first-order valence-electron chi connectivity index (χ1n) is 6.38. The summed E-state index contributed by atoms with van der Waals surface area (Å²) in [4.78, 5) is 12.0. The number of ether oxygens (including phenoxy) is 1. The van der Waals surface area contributed by atoms with Crippen molar-refractivity contribution in [3.8, 4) is 11.5 Å². The van der Waals surface area contributed by atoms with Crippen LogP contribution in [0.25, 0.3) is 0 Å². The molecule has 2 rings (SSSR count). The summed E-state index contributed by atoms with van der Waals surface area (Å²) < 4.78 is 5.58. The van der Waals surface area contributed by atoms with Gasteiger partial charge in [0.1, 0.15) is 11.5 Å². The second-order valence-corrected chi connectivity index (χ2v) is 4.58. The van der Waals surface area contributed by atoms with Crippen molar-refractivity contribution in [3.63, 3.8) is 0 Å². The van der Waals surface area contributed by atoms with E-state index in [4.69, 9.17) is 4.74 Å². The number of hydrogen-bond donors (Lipinski definition) is 2. The zero-order valence-corrected chi connectivity index (χ0v) is 11.5. The predicted octanol–water partition coefficient (Wildman–Crippen LogP) is 3.11. The highest BCUT2D eigenvalue weighted by molar-refractivity contribution is 5.95. The number of amides is 1. The maximum atomic E-state index is 12.0. The minimum Gasteiger partial charge on any atom is -0.506 e. The third-order valence-electron chi connectivity index (χ3n) is 2.83. The molecular formula is C16H17NO3. The number of phenolic OH excluding ortho intramolecular Hbond substituents is 1. The van der Waals surface area contributed by atoms with E-state index in [1.807, 2.05) is 25.1 Å². The van der Waals surface area contributed by atoms with Gasteiger partial charge in [-0.25, -0.2) is 0 Å². The van der Waals surface area contributed by atoms with Crippen LogP contribution in [0.1, 0.15) is 12.5 Å². The van der Waals surface area contributed by atoms with Gasteiger partial charge in [-0.15, -0.1) is 0 Å². The van der Waals surface area contributed by atoms with Crippen molar-refractivity contribution < 1.29 is 14.6 Å². The second-order valence-electron chi connectivity index (χ2n) is 4.58. The largest absolute Gasteiger partial charge is 0.506 e. The Morgan fingerprint density at radius 3 is 2.65 bits per heavy atom. The molecule has 0 saturated carbocycles. The van der Waals surface area contributed by atoms with Gasteiger partial charge < -0.3 is 15.2 Å². The van der Waals surface area contributed by atoms with E-state index in [1.165, 1.54) is 6.07 Å². The van der Waals surface area contributed by atoms with Gasteiger partial charge in [-0.05, 0) is 43.7 Å². The van der Waals surface area contributed by atoms with E-state index in [2.05, 4.69) is 5.32 Å². The topological polar surface area (TPSA) is 58.6 Å². The van der Waals surface area contributed by atoms with Crippen molar-refractivity contribution in [1.82, 2.24) is 0 Å². The van der Waals surface area contributed by atoms with Crippen LogP contribution < -0.4 is 10.1 Å². The highest BCUT2D eigenvalue weighted by atomic mass is 16.5. The van der Waals surface area contributed by atoms with Crippen molar-refractivity contribution in [3.05, 3.63) is 54.1 Å². The van der Waals surface area contributed by atoms with E-state index in [0.29, 0.717) is 11.4 Å². The average Bonchev–Trinajstić information content (AvgIpc) is 2.41. The summed E-state index contributed by atoms with van der Waals surface area (Å²) in [5, 5.41) is 12.2. The lowest BCUT2D eigenvalue weighted by atomic mass is 10.2. The first kappa shape index (κ1) is 13.9. The van der Waals surface area contributed by atoms with Gasteiger partial charge in [0.25, 0.3) is 5.91 Å². The number of carbonyl (C=O) groups excluding carboxylic acids is 1. The fourth-order valence-corrected chi connectivity index (χ4v) is 1.76. The zero-order chi connectivity index (χ0) is 14.5. The number of hydrogen-bond acceptors (Lipinski definition) is 3. The van der Waals surface area contributed by atoms with Gasteiger partial charge in [0.15, 0.2) is 6.10 Å². The normalized spacial score (nSPS) is 11.7. The minimum absolute atomic E-state index is 0.0311. The summed E-state index contributed by atoms with van der Waals surface area (Å²) in [5.41, 5.74) is 1.44. The molecule has 1 amide bonds. The Balaban J connectivity index is 2.01. The van der Waals surface area contributed by atoms with Crippen molar-refractivity contribution >= 4 is 11.6 Å². The van der Waals surface area contributed by atoms with Crippen molar-refractivity contribution in [2.45, 2.75) is 20.0 Å². The van der Waals surface area contributed by atoms with E-state index in [0.717, 1.165) is 5.56 Å². The minimum atomic E-state index is -0.656. The Hall–Kier alpha value is -2.49. The molecule has 0 spiro atoms. The van der Waals surface area contributed by atoms with Crippen LogP contribution >= 0.6 is 0 Å². The number of aromatic hydroxyl groups is 1. The molecule has 0 aliphatic rings. The van der Waals surface area contributed by atoms with Gasteiger partial charge in [-0.2, -0.15) is 0 Å². The number of nitrogens with one attached hydrogen (secondary N) is 1. The molecule has 0 heterocycles. The van der Waals surface area contributed by atoms with Gasteiger partial charge in [0.05, 0.1) is 5.69 Å². The summed E-state index contributed by atoms with van der Waals surface area (Å²) in [6, 6.07) is 14.1. The maximum Gasteiger partial charge on any atom is 0.265 e. The van der Waals surface area contributed by atoms with E-state index in [1.54, 1.807) is 31.2 Å². The van der Waals surface area contributed by atoms with E-state index < -0.39 is 6.10 Å². The molecule has 0 saturated heterocycles. The van der Waals surface area contributed by atoms with Crippen LogP contribution in [-0.4, -0.2) is 17.1 Å². The summed E-state index contributed by atoms with van der Waals surface area (Å²) in [7, 11) is 0. The number of aryl methyl sites for hydroxylation is 1. The Kier molecular flexibility index (Phi) is 4.25. The van der Waals surface area contributed by atoms with Crippen LogP contribution in [0.15, 0.2) is 48.5 Å². The highest BCUT2D eigenvalue weighted by Gasteiger charge is 2.16. The molecule has 2 aromatic carbocycles. The average molecular weight is 271 g/mol. The summed E-state index contributed by atoms with van der Waals surface area (Å²) in [6.07, 6.45) is -0.656. The van der Waals surface area contributed by atoms with Crippen LogP contribution in [0.4, 0.5) is 5.69 Å². The number of rotatable bonds is 4. The molecule has 0 unspecified atom stereocenters. The first-order chi connectivity index (χ1) is 9.56. The van der Waals surface area contributed by atoms with Crippen molar-refractivity contribution in [1.29, 1.82) is 0 Å². The maximum absolute atomic E-state index is 12.0. The summed E-state index contributed by atoms with van der Waals surface area (Å²) >= 11 is 0. The third-order valence-corrected chi connectivity index (χ3v) is 2.83.